The molecular weight excluding hydrogens is 346 g/mol. The van der Waals surface area contributed by atoms with Crippen LogP contribution in [0.15, 0.2) is 6.20 Å². The zero-order valence-corrected chi connectivity index (χ0v) is 15.9. The highest BCUT2D eigenvalue weighted by Crippen LogP contribution is 2.34. The molecule has 2 heterocycles. The van der Waals surface area contributed by atoms with E-state index in [9.17, 15) is 9.59 Å². The van der Waals surface area contributed by atoms with Crippen LogP contribution in [0.4, 0.5) is 16.3 Å². The van der Waals surface area contributed by atoms with Crippen LogP contribution >= 0.6 is 11.6 Å². The van der Waals surface area contributed by atoms with Gasteiger partial charge in [0.1, 0.15) is 17.3 Å². The number of anilines is 2. The summed E-state index contributed by atoms with van der Waals surface area (Å²) in [5, 5.41) is 2.81. The number of nitrogens with one attached hydrogen (secondary N) is 1. The maximum absolute atomic E-state index is 12.6. The summed E-state index contributed by atoms with van der Waals surface area (Å²) < 4.78 is 5.22. The standard InChI is InChI=1S/C16H24ClN5O3/c1-6-10-13(23)21(5)11-9-19-14(17)20-12(11)22(10)8-7-18-15(24)25-16(2,3)4/h9-10H,6-8H2,1-5H3,(H,18,24). The lowest BCUT2D eigenvalue weighted by atomic mass is 10.1. The number of hydrogen-bond acceptors (Lipinski definition) is 6. The van der Waals surface area contributed by atoms with Crippen LogP contribution in [0.25, 0.3) is 0 Å². The number of amides is 2. The second-order valence-corrected chi connectivity index (χ2v) is 7.13. The predicted octanol–water partition coefficient (Wildman–Crippen LogP) is 2.22. The number of rotatable bonds is 4. The lowest BCUT2D eigenvalue weighted by Crippen LogP contribution is -2.54. The minimum Gasteiger partial charge on any atom is -0.444 e. The minimum atomic E-state index is -0.562. The number of alkyl carbamates (subject to hydrolysis) is 1. The van der Waals surface area contributed by atoms with Crippen LogP contribution in [0.3, 0.4) is 0 Å². The molecule has 0 spiro atoms. The molecule has 2 rings (SSSR count). The summed E-state index contributed by atoms with van der Waals surface area (Å²) in [4.78, 5) is 36.0. The largest absolute Gasteiger partial charge is 0.444 e. The van der Waals surface area contributed by atoms with E-state index in [0.29, 0.717) is 31.0 Å². The van der Waals surface area contributed by atoms with Crippen molar-refractivity contribution in [2.45, 2.75) is 45.8 Å². The van der Waals surface area contributed by atoms with E-state index in [1.54, 1.807) is 27.8 Å². The van der Waals surface area contributed by atoms with E-state index in [0.717, 1.165) is 0 Å². The van der Waals surface area contributed by atoms with Gasteiger partial charge in [-0.05, 0) is 38.8 Å². The molecule has 1 aliphatic heterocycles. The number of ether oxygens (including phenoxy) is 1. The molecule has 0 saturated heterocycles. The van der Waals surface area contributed by atoms with Crippen molar-refractivity contribution in [2.24, 2.45) is 0 Å². The van der Waals surface area contributed by atoms with E-state index in [4.69, 9.17) is 16.3 Å². The van der Waals surface area contributed by atoms with Crippen molar-refractivity contribution in [3.8, 4) is 0 Å². The fourth-order valence-electron chi connectivity index (χ4n) is 2.67. The average molecular weight is 370 g/mol. The molecule has 1 N–H and O–H groups in total. The summed E-state index contributed by atoms with van der Waals surface area (Å²) in [6, 6.07) is -0.371. The summed E-state index contributed by atoms with van der Waals surface area (Å²) in [5.74, 6) is 0.540. The van der Waals surface area contributed by atoms with Gasteiger partial charge in [0.2, 0.25) is 11.2 Å². The van der Waals surface area contributed by atoms with Crippen molar-refractivity contribution in [2.75, 3.05) is 29.9 Å². The van der Waals surface area contributed by atoms with E-state index in [2.05, 4.69) is 15.3 Å². The van der Waals surface area contributed by atoms with Crippen LogP contribution in [0.5, 0.6) is 0 Å². The fourth-order valence-corrected chi connectivity index (χ4v) is 2.79. The van der Waals surface area contributed by atoms with Crippen molar-refractivity contribution in [3.05, 3.63) is 11.5 Å². The number of aromatic nitrogens is 2. The molecule has 0 aromatic carbocycles. The highest BCUT2D eigenvalue weighted by Gasteiger charge is 2.36. The van der Waals surface area contributed by atoms with Gasteiger partial charge in [-0.15, -0.1) is 0 Å². The Morgan fingerprint density at radius 1 is 1.44 bits per heavy atom. The SMILES string of the molecule is CCC1C(=O)N(C)c2cnc(Cl)nc2N1CCNC(=O)OC(C)(C)C. The number of carbonyl (C=O) groups is 2. The van der Waals surface area contributed by atoms with Crippen LogP contribution in [0.2, 0.25) is 5.28 Å². The van der Waals surface area contributed by atoms with Gasteiger partial charge < -0.3 is 19.9 Å². The Bertz CT molecular complexity index is 662. The first-order valence-corrected chi connectivity index (χ1v) is 8.55. The molecule has 1 atom stereocenters. The molecule has 0 bridgehead atoms. The maximum Gasteiger partial charge on any atom is 0.407 e. The molecule has 1 unspecified atom stereocenters. The third-order valence-corrected chi connectivity index (χ3v) is 3.94. The lowest BCUT2D eigenvalue weighted by molar-refractivity contribution is -0.120. The normalized spacial score (nSPS) is 17.4. The van der Waals surface area contributed by atoms with Crippen molar-refractivity contribution in [1.82, 2.24) is 15.3 Å². The van der Waals surface area contributed by atoms with Gasteiger partial charge in [-0.1, -0.05) is 6.92 Å². The summed E-state index contributed by atoms with van der Waals surface area (Å²) in [7, 11) is 1.69. The van der Waals surface area contributed by atoms with Crippen LogP contribution in [-0.2, 0) is 9.53 Å². The zero-order valence-electron chi connectivity index (χ0n) is 15.2. The van der Waals surface area contributed by atoms with Crippen LogP contribution < -0.4 is 15.1 Å². The summed E-state index contributed by atoms with van der Waals surface area (Å²) in [5.41, 5.74) is 0.0315. The van der Waals surface area contributed by atoms with Gasteiger partial charge >= 0.3 is 6.09 Å². The quantitative estimate of drug-likeness (QED) is 0.819. The van der Waals surface area contributed by atoms with E-state index >= 15 is 0 Å². The maximum atomic E-state index is 12.6. The average Bonchev–Trinajstić information content (AvgIpc) is 2.50. The summed E-state index contributed by atoms with van der Waals surface area (Å²) in [6.07, 6.45) is 1.64. The van der Waals surface area contributed by atoms with Crippen molar-refractivity contribution >= 4 is 35.1 Å². The zero-order chi connectivity index (χ0) is 18.8. The molecule has 138 valence electrons. The van der Waals surface area contributed by atoms with Gasteiger partial charge in [0.25, 0.3) is 0 Å². The number of nitrogens with zero attached hydrogens (tertiary/aromatic N) is 4. The second kappa shape index (κ2) is 7.43. The first-order valence-electron chi connectivity index (χ1n) is 8.17. The van der Waals surface area contributed by atoms with E-state index in [-0.39, 0.29) is 17.2 Å². The molecular formula is C16H24ClN5O3. The highest BCUT2D eigenvalue weighted by molar-refractivity contribution is 6.28. The van der Waals surface area contributed by atoms with Gasteiger partial charge in [-0.25, -0.2) is 9.78 Å². The molecule has 8 nitrogen and oxygen atoms in total. The Morgan fingerprint density at radius 2 is 2.12 bits per heavy atom. The summed E-state index contributed by atoms with van der Waals surface area (Å²) in [6.45, 7) is 8.04. The van der Waals surface area contributed by atoms with Gasteiger partial charge in [-0.3, -0.25) is 4.79 Å². The third-order valence-electron chi connectivity index (χ3n) is 3.75. The molecule has 0 saturated carbocycles. The Morgan fingerprint density at radius 3 is 2.72 bits per heavy atom. The topological polar surface area (TPSA) is 87.7 Å². The molecule has 1 aromatic heterocycles. The van der Waals surface area contributed by atoms with Gasteiger partial charge in [0.05, 0.1) is 6.20 Å². The molecule has 9 heteroatoms. The van der Waals surface area contributed by atoms with Gasteiger partial charge in [0, 0.05) is 20.1 Å². The monoisotopic (exact) mass is 369 g/mol. The van der Waals surface area contributed by atoms with E-state index in [1.165, 1.54) is 11.1 Å². The molecule has 0 radical (unpaired) electrons. The van der Waals surface area contributed by atoms with Crippen LogP contribution in [-0.4, -0.2) is 53.7 Å². The molecule has 0 fully saturated rings. The van der Waals surface area contributed by atoms with Crippen molar-refractivity contribution < 1.29 is 14.3 Å². The summed E-state index contributed by atoms with van der Waals surface area (Å²) >= 11 is 5.93. The van der Waals surface area contributed by atoms with Crippen molar-refractivity contribution in [3.63, 3.8) is 0 Å². The van der Waals surface area contributed by atoms with E-state index < -0.39 is 11.7 Å². The fraction of sp³-hybridized carbons (Fsp3) is 0.625. The first-order chi connectivity index (χ1) is 11.6. The van der Waals surface area contributed by atoms with E-state index in [1.807, 2.05) is 11.8 Å². The number of likely N-dealkylation sites (N-methyl/N-ethyl adjacent to an activating group) is 1. The number of hydrogen-bond donors (Lipinski definition) is 1. The molecule has 1 aromatic rings. The van der Waals surface area contributed by atoms with Crippen LogP contribution in [0, 0.1) is 0 Å². The number of halogens is 1. The smallest absolute Gasteiger partial charge is 0.407 e. The molecule has 2 amide bonds. The minimum absolute atomic E-state index is 0.0433. The Kier molecular flexibility index (Phi) is 5.72. The highest BCUT2D eigenvalue weighted by atomic mass is 35.5. The Balaban J connectivity index is 2.15. The molecule has 25 heavy (non-hydrogen) atoms. The Labute approximate surface area is 152 Å². The molecule has 0 aliphatic carbocycles. The van der Waals surface area contributed by atoms with Gasteiger partial charge in [-0.2, -0.15) is 4.98 Å². The van der Waals surface area contributed by atoms with Crippen LogP contribution in [0.1, 0.15) is 34.1 Å². The number of carbonyl (C=O) groups excluding carboxylic acids is 2. The lowest BCUT2D eigenvalue weighted by Gasteiger charge is -2.40. The second-order valence-electron chi connectivity index (χ2n) is 6.79. The molecule has 1 aliphatic rings. The predicted molar refractivity (Wildman–Crippen MR) is 96.1 cm³/mol. The Hall–Kier alpha value is -2.09. The van der Waals surface area contributed by atoms with Gasteiger partial charge in [0.15, 0.2) is 5.82 Å². The first kappa shape index (κ1) is 19.2. The number of fused-ring (bicyclic) bond motifs is 1. The van der Waals surface area contributed by atoms with Crippen molar-refractivity contribution in [1.29, 1.82) is 0 Å². The third kappa shape index (κ3) is 4.50.